The monoisotopic (exact) mass is 545 g/mol. The van der Waals surface area contributed by atoms with E-state index in [1.807, 2.05) is 38.1 Å². The van der Waals surface area contributed by atoms with Crippen molar-refractivity contribution >= 4 is 23.5 Å². The number of rotatable bonds is 10. The lowest BCUT2D eigenvalue weighted by Crippen LogP contribution is -2.33. The van der Waals surface area contributed by atoms with Crippen molar-refractivity contribution in [1.82, 2.24) is 10.6 Å². The number of carbonyl (C=O) groups excluding carboxylic acids is 3. The Morgan fingerprint density at radius 2 is 1.68 bits per heavy atom. The van der Waals surface area contributed by atoms with Gasteiger partial charge in [0.2, 0.25) is 5.91 Å². The molecule has 8 nitrogen and oxygen atoms in total. The minimum Gasteiger partial charge on any atom is -0.511 e. The Morgan fingerprint density at radius 3 is 2.27 bits per heavy atom. The first kappa shape index (κ1) is 29.1. The van der Waals surface area contributed by atoms with Crippen LogP contribution in [0.4, 0.5) is 4.79 Å². The molecule has 0 spiro atoms. The molecule has 0 fully saturated rings. The van der Waals surface area contributed by atoms with E-state index in [4.69, 9.17) is 4.74 Å². The number of aliphatic hydroxyl groups excluding tert-OH is 1. The number of likely N-dealkylation sites (N-methyl/N-ethyl adjacent to an activating group) is 1. The van der Waals surface area contributed by atoms with Crippen LogP contribution in [-0.2, 0) is 14.3 Å². The zero-order valence-corrected chi connectivity index (χ0v) is 23.8. The number of ketones is 1. The number of ether oxygens (including phenoxy) is 1. The number of alkyl carbamates (subject to hydrolysis) is 1. The molecule has 0 heterocycles. The molecule has 1 atom stereocenters. The van der Waals surface area contributed by atoms with Gasteiger partial charge in [-0.15, -0.1) is 0 Å². The number of aliphatic hydroxyl groups is 1. The summed E-state index contributed by atoms with van der Waals surface area (Å²) in [5.41, 5.74) is 4.99. The van der Waals surface area contributed by atoms with Crippen molar-refractivity contribution in [3.63, 3.8) is 0 Å². The highest BCUT2D eigenvalue weighted by Gasteiger charge is 2.34. The second kappa shape index (κ2) is 12.5. The van der Waals surface area contributed by atoms with Crippen molar-refractivity contribution in [3.05, 3.63) is 71.0 Å². The largest absolute Gasteiger partial charge is 0.511 e. The van der Waals surface area contributed by atoms with E-state index in [0.29, 0.717) is 44.4 Å². The van der Waals surface area contributed by atoms with Gasteiger partial charge in [-0.05, 0) is 53.9 Å². The summed E-state index contributed by atoms with van der Waals surface area (Å²) in [4.78, 5) is 42.1. The van der Waals surface area contributed by atoms with Crippen molar-refractivity contribution in [2.75, 3.05) is 20.2 Å². The zero-order valence-electron chi connectivity index (χ0n) is 23.8. The van der Waals surface area contributed by atoms with E-state index in [1.165, 1.54) is 11.1 Å². The minimum atomic E-state index is -0.692. The van der Waals surface area contributed by atoms with Crippen molar-refractivity contribution in [1.29, 1.82) is 0 Å². The summed E-state index contributed by atoms with van der Waals surface area (Å²) in [7, 11) is 1.55. The first-order valence-corrected chi connectivity index (χ1v) is 13.9. The van der Waals surface area contributed by atoms with Crippen LogP contribution in [0.3, 0.4) is 0 Å². The van der Waals surface area contributed by atoms with Gasteiger partial charge in [0.05, 0.1) is 5.57 Å². The molecule has 0 aromatic heterocycles. The van der Waals surface area contributed by atoms with E-state index in [1.54, 1.807) is 14.0 Å². The highest BCUT2D eigenvalue weighted by atomic mass is 16.5. The van der Waals surface area contributed by atoms with E-state index in [2.05, 4.69) is 39.9 Å². The maximum absolute atomic E-state index is 12.7. The molecule has 1 unspecified atom stereocenters. The smallest absolute Gasteiger partial charge is 0.407 e. The number of unbranched alkanes of at least 4 members (excludes halogenated alkanes) is 1. The lowest BCUT2D eigenvalue weighted by atomic mass is 9.75. The number of nitrogens with one attached hydrogen (secondary N) is 2. The van der Waals surface area contributed by atoms with E-state index < -0.39 is 12.1 Å². The van der Waals surface area contributed by atoms with Crippen LogP contribution in [0.5, 0.6) is 0 Å². The van der Waals surface area contributed by atoms with E-state index in [0.717, 1.165) is 11.1 Å². The Labute approximate surface area is 235 Å². The van der Waals surface area contributed by atoms with E-state index in [9.17, 15) is 19.5 Å². The lowest BCUT2D eigenvalue weighted by molar-refractivity contribution is -0.122. The first-order chi connectivity index (χ1) is 19.1. The number of nitrogens with zero attached hydrogens (tertiary/aromatic N) is 1. The van der Waals surface area contributed by atoms with Gasteiger partial charge in [0.25, 0.3) is 0 Å². The molecule has 3 N–H and O–H groups in total. The third-order valence-corrected chi connectivity index (χ3v) is 7.63. The number of fused-ring (bicyclic) bond motifs is 3. The third-order valence-electron chi connectivity index (χ3n) is 7.63. The van der Waals surface area contributed by atoms with Gasteiger partial charge in [-0.25, -0.2) is 4.79 Å². The Bertz CT molecular complexity index is 1300. The highest BCUT2D eigenvalue weighted by molar-refractivity contribution is 6.22. The van der Waals surface area contributed by atoms with Crippen LogP contribution in [0.15, 0.2) is 64.9 Å². The Hall–Kier alpha value is -3.94. The molecule has 2 aliphatic rings. The standard InChI is InChI=1S/C32H39N3O5/c1-20(29-27(36)17-32(2,3)18-28(29)37)35-26(30(38)33-4)15-9-10-16-34-31(39)40-19-25-23-13-7-5-11-21(23)22-12-6-8-14-24(22)25/h5-8,11-14,25-26,36H,9-10,15-19H2,1-4H3,(H,33,38)(H,34,39). The summed E-state index contributed by atoms with van der Waals surface area (Å²) in [6, 6.07) is 15.7. The second-order valence-corrected chi connectivity index (χ2v) is 11.4. The van der Waals surface area contributed by atoms with Crippen LogP contribution in [0.2, 0.25) is 0 Å². The molecule has 0 saturated heterocycles. The molecule has 2 amide bonds. The summed E-state index contributed by atoms with van der Waals surface area (Å²) >= 11 is 0. The summed E-state index contributed by atoms with van der Waals surface area (Å²) < 4.78 is 5.58. The molecule has 4 rings (SSSR count). The minimum absolute atomic E-state index is 0.00392. The summed E-state index contributed by atoms with van der Waals surface area (Å²) in [6.45, 7) is 6.20. The molecule has 0 saturated carbocycles. The van der Waals surface area contributed by atoms with Gasteiger partial charge in [-0.2, -0.15) is 0 Å². The fourth-order valence-electron chi connectivity index (χ4n) is 5.72. The van der Waals surface area contributed by atoms with Crippen LogP contribution in [0, 0.1) is 5.41 Å². The van der Waals surface area contributed by atoms with Crippen molar-refractivity contribution in [3.8, 4) is 11.1 Å². The summed E-state index contributed by atoms with van der Waals surface area (Å²) in [5, 5.41) is 15.9. The fraction of sp³-hybridized carbons (Fsp3) is 0.438. The van der Waals surface area contributed by atoms with Gasteiger partial charge >= 0.3 is 6.09 Å². The topological polar surface area (TPSA) is 117 Å². The lowest BCUT2D eigenvalue weighted by Gasteiger charge is -2.29. The number of hydrogen-bond donors (Lipinski definition) is 3. The molecule has 2 aliphatic carbocycles. The number of aliphatic imine (C=N–C) groups is 1. The van der Waals surface area contributed by atoms with Crippen LogP contribution in [0.1, 0.15) is 69.9 Å². The third kappa shape index (κ3) is 6.61. The highest BCUT2D eigenvalue weighted by Crippen LogP contribution is 2.44. The molecule has 2 aromatic carbocycles. The number of Topliss-reactive ketones (excluding diaryl/α,β-unsaturated/α-hetero) is 1. The van der Waals surface area contributed by atoms with Gasteiger partial charge in [-0.1, -0.05) is 62.4 Å². The number of hydrogen-bond acceptors (Lipinski definition) is 6. The average molecular weight is 546 g/mol. The van der Waals surface area contributed by atoms with Gasteiger partial charge in [-0.3, -0.25) is 14.6 Å². The van der Waals surface area contributed by atoms with E-state index >= 15 is 0 Å². The predicted molar refractivity (Wildman–Crippen MR) is 156 cm³/mol. The fourth-order valence-corrected chi connectivity index (χ4v) is 5.72. The van der Waals surface area contributed by atoms with Gasteiger partial charge in [0.15, 0.2) is 5.78 Å². The predicted octanol–water partition coefficient (Wildman–Crippen LogP) is 5.47. The number of allylic oxidation sites excluding steroid dienone is 2. The molecule has 0 bridgehead atoms. The molecule has 0 aliphatic heterocycles. The van der Waals surface area contributed by atoms with Crippen LogP contribution in [-0.4, -0.2) is 54.8 Å². The molecule has 0 radical (unpaired) electrons. The van der Waals surface area contributed by atoms with Gasteiger partial charge < -0.3 is 20.5 Å². The second-order valence-electron chi connectivity index (χ2n) is 11.4. The number of carbonyl (C=O) groups is 3. The SMILES string of the molecule is CNC(=O)C(CCCCNC(=O)OCC1c2ccccc2-c2ccccc21)N=C(C)C1=C(O)CC(C)(C)CC1=O. The Morgan fingerprint density at radius 1 is 1.05 bits per heavy atom. The molecular weight excluding hydrogens is 506 g/mol. The number of amides is 2. The molecule has 212 valence electrons. The van der Waals surface area contributed by atoms with Crippen LogP contribution in [0.25, 0.3) is 11.1 Å². The normalized spacial score (nSPS) is 17.2. The summed E-state index contributed by atoms with van der Waals surface area (Å²) in [6.07, 6.45) is 1.95. The first-order valence-electron chi connectivity index (χ1n) is 13.9. The maximum atomic E-state index is 12.7. The average Bonchev–Trinajstić information content (AvgIpc) is 3.23. The van der Waals surface area contributed by atoms with Crippen LogP contribution >= 0.6 is 0 Å². The maximum Gasteiger partial charge on any atom is 0.407 e. The Balaban J connectivity index is 1.26. The number of benzene rings is 2. The van der Waals surface area contributed by atoms with Crippen molar-refractivity contribution in [2.45, 2.75) is 64.8 Å². The molecule has 2 aromatic rings. The van der Waals surface area contributed by atoms with Gasteiger partial charge in [0.1, 0.15) is 18.4 Å². The van der Waals surface area contributed by atoms with Crippen molar-refractivity contribution in [2.24, 2.45) is 10.4 Å². The Kier molecular flexibility index (Phi) is 9.07. The molecular formula is C32H39N3O5. The summed E-state index contributed by atoms with van der Waals surface area (Å²) in [5.74, 6) is -0.375. The van der Waals surface area contributed by atoms with Crippen LogP contribution < -0.4 is 10.6 Å². The molecule has 8 heteroatoms. The quantitative estimate of drug-likeness (QED) is 0.270. The van der Waals surface area contributed by atoms with Crippen molar-refractivity contribution < 1.29 is 24.2 Å². The van der Waals surface area contributed by atoms with Gasteiger partial charge in [0, 0.05) is 38.1 Å². The zero-order chi connectivity index (χ0) is 28.9. The molecule has 40 heavy (non-hydrogen) atoms. The van der Waals surface area contributed by atoms with E-state index in [-0.39, 0.29) is 41.0 Å².